The number of nitrogens with zero attached hydrogens (tertiary/aromatic N) is 3. The van der Waals surface area contributed by atoms with Gasteiger partial charge in [0, 0.05) is 5.25 Å². The number of ether oxygens (including phenoxy) is 1. The van der Waals surface area contributed by atoms with Gasteiger partial charge >= 0.3 is 5.97 Å². The lowest BCUT2D eigenvalue weighted by Gasteiger charge is -2.49. The van der Waals surface area contributed by atoms with E-state index in [1.165, 1.54) is 22.9 Å². The van der Waals surface area contributed by atoms with Crippen LogP contribution in [0.15, 0.2) is 18.0 Å². The minimum atomic E-state index is -1.75. The molecule has 1 saturated heterocycles. The highest BCUT2D eigenvalue weighted by molar-refractivity contribution is 8.00. The Morgan fingerprint density at radius 1 is 1.41 bits per heavy atom. The van der Waals surface area contributed by atoms with Crippen molar-refractivity contribution in [3.63, 3.8) is 0 Å². The Kier molecular flexibility index (Phi) is 6.21. The second-order valence-electron chi connectivity index (χ2n) is 5.80. The van der Waals surface area contributed by atoms with E-state index in [9.17, 15) is 14.4 Å². The predicted octanol–water partition coefficient (Wildman–Crippen LogP) is 1.67. The molecule has 27 heavy (non-hydrogen) atoms. The Morgan fingerprint density at radius 3 is 2.78 bits per heavy atom. The molecule has 2 unspecified atom stereocenters. The van der Waals surface area contributed by atoms with Crippen molar-refractivity contribution in [2.45, 2.75) is 33.8 Å². The lowest BCUT2D eigenvalue weighted by molar-refractivity contribution is -0.152. The van der Waals surface area contributed by atoms with Crippen molar-refractivity contribution in [1.29, 1.82) is 0 Å². The monoisotopic (exact) mass is 470 g/mol. The number of carbonyl (C=O) groups excluding carboxylic acids is 3. The zero-order valence-corrected chi connectivity index (χ0v) is 17.6. The van der Waals surface area contributed by atoms with Gasteiger partial charge in [0.25, 0.3) is 5.91 Å². The molecule has 2 amide bonds. The maximum absolute atomic E-state index is 12.5. The average molecular weight is 472 g/mol. The van der Waals surface area contributed by atoms with E-state index in [4.69, 9.17) is 39.5 Å². The third-order valence-electron chi connectivity index (χ3n) is 3.69. The molecule has 0 bridgehead atoms. The fraction of sp³-hybridized carbons (Fsp3) is 0.500. The van der Waals surface area contributed by atoms with Crippen molar-refractivity contribution in [1.82, 2.24) is 19.0 Å². The van der Waals surface area contributed by atoms with Crippen LogP contribution in [-0.4, -0.2) is 58.5 Å². The van der Waals surface area contributed by atoms with Gasteiger partial charge in [-0.15, -0.1) is 11.8 Å². The third-order valence-corrected chi connectivity index (χ3v) is 5.86. The smallest absolute Gasteiger partial charge is 0.354 e. The molecule has 0 spiro atoms. The van der Waals surface area contributed by atoms with Gasteiger partial charge in [-0.1, -0.05) is 34.8 Å². The summed E-state index contributed by atoms with van der Waals surface area (Å²) in [4.78, 5) is 38.2. The van der Waals surface area contributed by atoms with Crippen LogP contribution in [0.1, 0.15) is 12.6 Å². The SMILES string of the molecule is CC1C=C(C(=O)OCC(Cl)(Cl)Cl)N2C(=O)C(NC(=O)Cc3cnsn3)[C@H]2S1. The molecule has 8 nitrogen and oxygen atoms in total. The molecule has 146 valence electrons. The Bertz CT molecular complexity index is 784. The van der Waals surface area contributed by atoms with Crippen LogP contribution < -0.4 is 5.32 Å². The molecule has 0 saturated carbocycles. The number of carbonyl (C=O) groups is 3. The molecule has 0 radical (unpaired) electrons. The number of thioether (sulfide) groups is 1. The number of fused-ring (bicyclic) bond motifs is 1. The van der Waals surface area contributed by atoms with Gasteiger partial charge < -0.3 is 10.1 Å². The van der Waals surface area contributed by atoms with Crippen LogP contribution in [0.25, 0.3) is 0 Å². The molecular formula is C14H13Cl3N4O4S2. The van der Waals surface area contributed by atoms with Gasteiger partial charge in [0.1, 0.15) is 23.7 Å². The first-order valence-electron chi connectivity index (χ1n) is 7.66. The van der Waals surface area contributed by atoms with Gasteiger partial charge in [-0.2, -0.15) is 8.75 Å². The largest absolute Gasteiger partial charge is 0.456 e. The number of amides is 2. The summed E-state index contributed by atoms with van der Waals surface area (Å²) >= 11 is 19.2. The number of β-lactam (4-membered cyclic amide) rings is 1. The number of halogens is 3. The quantitative estimate of drug-likeness (QED) is 0.396. The lowest BCUT2D eigenvalue weighted by atomic mass is 10.0. The van der Waals surface area contributed by atoms with E-state index >= 15 is 0 Å². The van der Waals surface area contributed by atoms with E-state index in [0.717, 1.165) is 11.7 Å². The van der Waals surface area contributed by atoms with E-state index in [1.54, 1.807) is 6.08 Å². The standard InChI is InChI=1S/C14H13Cl3N4O4S2/c1-6-2-8(13(24)25-5-14(15,16)17)21-11(23)10(12(21)26-6)19-9(22)3-7-4-18-27-20-7/h2,4,6,10,12H,3,5H2,1H3,(H,19,22)/t6?,10?,12-/m1/s1. The summed E-state index contributed by atoms with van der Waals surface area (Å²) in [5.41, 5.74) is 0.612. The molecule has 2 aliphatic rings. The van der Waals surface area contributed by atoms with Gasteiger partial charge in [-0.25, -0.2) is 4.79 Å². The van der Waals surface area contributed by atoms with E-state index < -0.39 is 33.7 Å². The molecule has 13 heteroatoms. The molecular weight excluding hydrogens is 459 g/mol. The molecule has 1 N–H and O–H groups in total. The van der Waals surface area contributed by atoms with Crippen molar-refractivity contribution >= 4 is 76.1 Å². The summed E-state index contributed by atoms with van der Waals surface area (Å²) in [7, 11) is 0. The first-order chi connectivity index (χ1) is 12.7. The molecule has 2 aliphatic heterocycles. The van der Waals surface area contributed by atoms with Crippen LogP contribution in [0.2, 0.25) is 0 Å². The van der Waals surface area contributed by atoms with E-state index in [1.807, 2.05) is 6.92 Å². The number of hydrogen-bond donors (Lipinski definition) is 1. The van der Waals surface area contributed by atoms with Crippen LogP contribution >= 0.6 is 58.3 Å². The average Bonchev–Trinajstić information content (AvgIpc) is 3.09. The zero-order valence-electron chi connectivity index (χ0n) is 13.7. The van der Waals surface area contributed by atoms with Gasteiger partial charge in [-0.05, 0) is 13.0 Å². The van der Waals surface area contributed by atoms with Crippen molar-refractivity contribution in [2.24, 2.45) is 0 Å². The molecule has 1 fully saturated rings. The topological polar surface area (TPSA) is 101 Å². The maximum Gasteiger partial charge on any atom is 0.354 e. The number of rotatable bonds is 5. The van der Waals surface area contributed by atoms with Crippen LogP contribution in [0, 0.1) is 0 Å². The van der Waals surface area contributed by atoms with Gasteiger partial charge in [-0.3, -0.25) is 14.5 Å². The van der Waals surface area contributed by atoms with Crippen LogP contribution in [0.4, 0.5) is 0 Å². The highest BCUT2D eigenvalue weighted by Crippen LogP contribution is 2.41. The van der Waals surface area contributed by atoms with Crippen molar-refractivity contribution in [3.05, 3.63) is 23.7 Å². The summed E-state index contributed by atoms with van der Waals surface area (Å²) < 4.78 is 11.0. The number of alkyl halides is 3. The Labute approximate surface area is 177 Å². The minimum Gasteiger partial charge on any atom is -0.456 e. The molecule has 0 aromatic carbocycles. The minimum absolute atomic E-state index is 0.0290. The molecule has 3 atom stereocenters. The van der Waals surface area contributed by atoms with Gasteiger partial charge in [0.2, 0.25) is 9.70 Å². The number of hydrogen-bond acceptors (Lipinski definition) is 8. The highest BCUT2D eigenvalue weighted by atomic mass is 35.6. The normalized spacial score (nSPS) is 24.6. The fourth-order valence-electron chi connectivity index (χ4n) is 2.59. The van der Waals surface area contributed by atoms with E-state index in [2.05, 4.69) is 14.1 Å². The highest BCUT2D eigenvalue weighted by Gasteiger charge is 2.54. The lowest BCUT2D eigenvalue weighted by Crippen LogP contribution is -2.70. The molecule has 0 aliphatic carbocycles. The number of nitrogens with one attached hydrogen (secondary N) is 1. The Morgan fingerprint density at radius 2 is 2.15 bits per heavy atom. The van der Waals surface area contributed by atoms with E-state index in [0.29, 0.717) is 5.69 Å². The summed E-state index contributed by atoms with van der Waals surface area (Å²) in [5, 5.41) is 2.20. The first-order valence-corrected chi connectivity index (χ1v) is 10.5. The maximum atomic E-state index is 12.5. The van der Waals surface area contributed by atoms with Crippen LogP contribution in [0.5, 0.6) is 0 Å². The molecule has 1 aromatic rings. The fourth-order valence-corrected chi connectivity index (χ4v) is 4.52. The first kappa shape index (κ1) is 20.7. The van der Waals surface area contributed by atoms with Gasteiger partial charge in [0.15, 0.2) is 0 Å². The summed E-state index contributed by atoms with van der Waals surface area (Å²) in [6.45, 7) is 1.43. The van der Waals surface area contributed by atoms with Crippen molar-refractivity contribution in [3.8, 4) is 0 Å². The van der Waals surface area contributed by atoms with Crippen LogP contribution in [0.3, 0.4) is 0 Å². The number of aromatic nitrogens is 2. The van der Waals surface area contributed by atoms with E-state index in [-0.39, 0.29) is 23.3 Å². The summed E-state index contributed by atoms with van der Waals surface area (Å²) in [5.74, 6) is -1.50. The summed E-state index contributed by atoms with van der Waals surface area (Å²) in [6, 6.07) is -0.735. The van der Waals surface area contributed by atoms with Crippen molar-refractivity contribution < 1.29 is 19.1 Å². The third kappa shape index (κ3) is 4.86. The Hall–Kier alpha value is -1.07. The molecule has 3 rings (SSSR count). The van der Waals surface area contributed by atoms with Gasteiger partial charge in [0.05, 0.1) is 30.0 Å². The Balaban J connectivity index is 1.64. The predicted molar refractivity (Wildman–Crippen MR) is 103 cm³/mol. The second kappa shape index (κ2) is 8.12. The number of esters is 1. The molecule has 3 heterocycles. The zero-order chi connectivity index (χ0) is 19.8. The molecule has 1 aromatic heterocycles. The van der Waals surface area contributed by atoms with Crippen molar-refractivity contribution in [2.75, 3.05) is 6.61 Å². The summed E-state index contributed by atoms with van der Waals surface area (Å²) in [6.07, 6.45) is 3.14. The van der Waals surface area contributed by atoms with Crippen LogP contribution in [-0.2, 0) is 25.5 Å². The second-order valence-corrected chi connectivity index (χ2v) is 10.4.